The fourth-order valence-corrected chi connectivity index (χ4v) is 4.42. The molecule has 1 unspecified atom stereocenters. The van der Waals surface area contributed by atoms with Crippen LogP contribution >= 0.6 is 19.6 Å². The van der Waals surface area contributed by atoms with Gasteiger partial charge < -0.3 is 4.74 Å². The van der Waals surface area contributed by atoms with E-state index in [0.717, 1.165) is 5.56 Å². The van der Waals surface area contributed by atoms with Crippen LogP contribution in [0.1, 0.15) is 18.4 Å². The first-order chi connectivity index (χ1) is 11.2. The smallest absolute Gasteiger partial charge is 0.377 e. The van der Waals surface area contributed by atoms with Crippen LogP contribution in [-0.4, -0.2) is 31.7 Å². The van der Waals surface area contributed by atoms with Crippen molar-refractivity contribution in [1.82, 2.24) is 0 Å². The molecule has 7 heteroatoms. The van der Waals surface area contributed by atoms with Crippen LogP contribution in [0, 0.1) is 0 Å². The zero-order valence-corrected chi connectivity index (χ0v) is 14.8. The third kappa shape index (κ3) is 4.92. The zero-order valence-electron chi connectivity index (χ0n) is 13.1. The standard InChI is InChI=1S/C16H21O5PS/c1-23-16-6-4-13(5-7-16)12-18-10-8-15-11-14-3-2-9-19-22(17,20-14)21-15/h2-7,14-15H,8-12H2,1H3/t14-,15-,22?/m1/s1. The fourth-order valence-electron chi connectivity index (χ4n) is 2.53. The van der Waals surface area contributed by atoms with E-state index in [0.29, 0.717) is 26.1 Å². The molecule has 2 aliphatic heterocycles. The van der Waals surface area contributed by atoms with Crippen molar-refractivity contribution in [2.75, 3.05) is 19.5 Å². The summed E-state index contributed by atoms with van der Waals surface area (Å²) >= 11 is 1.72. The van der Waals surface area contributed by atoms with Crippen molar-refractivity contribution < 1.29 is 22.9 Å². The second-order valence-corrected chi connectivity index (χ2v) is 7.92. The van der Waals surface area contributed by atoms with Gasteiger partial charge in [-0.2, -0.15) is 0 Å². The Morgan fingerprint density at radius 1 is 1.30 bits per heavy atom. The summed E-state index contributed by atoms with van der Waals surface area (Å²) in [5.41, 5.74) is 1.14. The average molecular weight is 356 g/mol. The van der Waals surface area contributed by atoms with Gasteiger partial charge in [-0.15, -0.1) is 11.8 Å². The van der Waals surface area contributed by atoms with E-state index in [9.17, 15) is 4.57 Å². The van der Waals surface area contributed by atoms with Crippen LogP contribution in [0.2, 0.25) is 0 Å². The molecule has 0 aromatic heterocycles. The predicted octanol–water partition coefficient (Wildman–Crippen LogP) is 4.18. The molecule has 0 radical (unpaired) electrons. The van der Waals surface area contributed by atoms with E-state index in [4.69, 9.17) is 18.3 Å². The van der Waals surface area contributed by atoms with Crippen molar-refractivity contribution in [2.45, 2.75) is 36.6 Å². The highest BCUT2D eigenvalue weighted by atomic mass is 32.2. The Labute approximate surface area is 141 Å². The van der Waals surface area contributed by atoms with Gasteiger partial charge in [-0.05, 0) is 30.4 Å². The summed E-state index contributed by atoms with van der Waals surface area (Å²) in [6.07, 6.45) is 6.76. The molecule has 1 fully saturated rings. The Morgan fingerprint density at radius 3 is 2.91 bits per heavy atom. The van der Waals surface area contributed by atoms with Crippen molar-refractivity contribution in [2.24, 2.45) is 0 Å². The number of phosphoric ester groups is 1. The Hall–Kier alpha value is -0.620. The SMILES string of the molecule is CSc1ccc(COCC[C@@H]2C[C@H]3C=CCOP(=O)(O2)O3)cc1. The van der Waals surface area contributed by atoms with Crippen LogP contribution in [0.25, 0.3) is 0 Å². The summed E-state index contributed by atoms with van der Waals surface area (Å²) in [6, 6.07) is 8.32. The molecule has 2 aliphatic rings. The number of thioether (sulfide) groups is 1. The minimum Gasteiger partial charge on any atom is -0.377 e. The van der Waals surface area contributed by atoms with Crippen molar-refractivity contribution in [3.05, 3.63) is 42.0 Å². The first kappa shape index (κ1) is 17.2. The van der Waals surface area contributed by atoms with Crippen LogP contribution in [0.5, 0.6) is 0 Å². The highest BCUT2D eigenvalue weighted by Crippen LogP contribution is 2.56. The minimum atomic E-state index is -3.40. The molecule has 2 bridgehead atoms. The van der Waals surface area contributed by atoms with Gasteiger partial charge >= 0.3 is 7.82 Å². The van der Waals surface area contributed by atoms with Crippen LogP contribution in [-0.2, 0) is 29.5 Å². The third-order valence-corrected chi connectivity index (χ3v) is 6.02. The van der Waals surface area contributed by atoms with Crippen molar-refractivity contribution >= 4 is 19.6 Å². The molecular formula is C16H21O5PS. The number of phosphoric acid groups is 1. The molecule has 126 valence electrons. The molecule has 2 heterocycles. The molecule has 0 aliphatic carbocycles. The summed E-state index contributed by atoms with van der Waals surface area (Å²) in [7, 11) is -3.40. The number of ether oxygens (including phenoxy) is 1. The van der Waals surface area contributed by atoms with Gasteiger partial charge in [0.25, 0.3) is 0 Å². The van der Waals surface area contributed by atoms with Crippen molar-refractivity contribution in [1.29, 1.82) is 0 Å². The first-order valence-electron chi connectivity index (χ1n) is 7.65. The van der Waals surface area contributed by atoms with Gasteiger partial charge in [-0.25, -0.2) is 4.57 Å². The van der Waals surface area contributed by atoms with Gasteiger partial charge in [-0.3, -0.25) is 13.6 Å². The van der Waals surface area contributed by atoms with Crippen molar-refractivity contribution in [3.63, 3.8) is 0 Å². The second-order valence-electron chi connectivity index (χ2n) is 5.47. The Bertz CT molecular complexity index is 589. The van der Waals surface area contributed by atoms with Gasteiger partial charge in [0.2, 0.25) is 0 Å². The lowest BCUT2D eigenvalue weighted by Gasteiger charge is -2.31. The van der Waals surface area contributed by atoms with Crippen LogP contribution in [0.15, 0.2) is 41.3 Å². The van der Waals surface area contributed by atoms with Gasteiger partial charge in [0.05, 0.1) is 25.4 Å². The molecule has 3 atom stereocenters. The Morgan fingerprint density at radius 2 is 2.13 bits per heavy atom. The molecule has 1 saturated heterocycles. The molecule has 23 heavy (non-hydrogen) atoms. The summed E-state index contributed by atoms with van der Waals surface area (Å²) in [6.45, 7) is 1.38. The van der Waals surface area contributed by atoms with E-state index in [-0.39, 0.29) is 18.8 Å². The summed E-state index contributed by atoms with van der Waals surface area (Å²) in [5, 5.41) is 0. The molecular weight excluding hydrogens is 335 g/mol. The summed E-state index contributed by atoms with van der Waals surface area (Å²) < 4.78 is 34.0. The molecule has 0 spiro atoms. The van der Waals surface area contributed by atoms with E-state index in [2.05, 4.69) is 30.5 Å². The second kappa shape index (κ2) is 7.97. The van der Waals surface area contributed by atoms with Gasteiger partial charge in [0.15, 0.2) is 0 Å². The lowest BCUT2D eigenvalue weighted by atomic mass is 10.1. The van der Waals surface area contributed by atoms with E-state index >= 15 is 0 Å². The fraction of sp³-hybridized carbons (Fsp3) is 0.500. The Kier molecular flexibility index (Phi) is 5.96. The summed E-state index contributed by atoms with van der Waals surface area (Å²) in [4.78, 5) is 1.24. The van der Waals surface area contributed by atoms with Crippen molar-refractivity contribution in [3.8, 4) is 0 Å². The quantitative estimate of drug-likeness (QED) is 0.330. The lowest BCUT2D eigenvalue weighted by molar-refractivity contribution is -0.00462. The number of hydrogen-bond acceptors (Lipinski definition) is 6. The monoisotopic (exact) mass is 356 g/mol. The highest BCUT2D eigenvalue weighted by Gasteiger charge is 2.40. The van der Waals surface area contributed by atoms with E-state index in [1.807, 2.05) is 12.2 Å². The predicted molar refractivity (Wildman–Crippen MR) is 89.6 cm³/mol. The average Bonchev–Trinajstić information content (AvgIpc) is 2.69. The first-order valence-corrected chi connectivity index (χ1v) is 10.3. The molecule has 0 amide bonds. The molecule has 0 saturated carbocycles. The Balaban J connectivity index is 1.43. The summed E-state index contributed by atoms with van der Waals surface area (Å²) in [5.74, 6) is 0. The van der Waals surface area contributed by atoms with E-state index < -0.39 is 7.82 Å². The van der Waals surface area contributed by atoms with Crippen LogP contribution in [0.4, 0.5) is 0 Å². The van der Waals surface area contributed by atoms with Gasteiger partial charge in [0.1, 0.15) is 0 Å². The van der Waals surface area contributed by atoms with E-state index in [1.54, 1.807) is 11.8 Å². The lowest BCUT2D eigenvalue weighted by Crippen LogP contribution is -2.28. The molecule has 0 N–H and O–H groups in total. The molecule has 3 rings (SSSR count). The third-order valence-electron chi connectivity index (χ3n) is 3.73. The highest BCUT2D eigenvalue weighted by molar-refractivity contribution is 7.98. The number of benzene rings is 1. The number of hydrogen-bond donors (Lipinski definition) is 0. The van der Waals surface area contributed by atoms with Gasteiger partial charge in [0, 0.05) is 17.9 Å². The van der Waals surface area contributed by atoms with E-state index in [1.165, 1.54) is 4.90 Å². The maximum atomic E-state index is 12.3. The minimum absolute atomic E-state index is 0.166. The van der Waals surface area contributed by atoms with Crippen LogP contribution in [0.3, 0.4) is 0 Å². The topological polar surface area (TPSA) is 54.0 Å². The molecule has 1 aromatic rings. The zero-order chi connectivity index (χ0) is 16.1. The maximum absolute atomic E-state index is 12.3. The normalized spacial score (nSPS) is 30.1. The number of fused-ring (bicyclic) bond motifs is 2. The van der Waals surface area contributed by atoms with Crippen LogP contribution < -0.4 is 0 Å². The molecule has 5 nitrogen and oxygen atoms in total. The molecule has 1 aromatic carbocycles. The largest absolute Gasteiger partial charge is 0.475 e. The number of rotatable bonds is 6. The maximum Gasteiger partial charge on any atom is 0.475 e. The van der Waals surface area contributed by atoms with Gasteiger partial charge in [-0.1, -0.05) is 24.3 Å².